The van der Waals surface area contributed by atoms with Crippen molar-refractivity contribution in [1.82, 2.24) is 15.1 Å². The number of nitrogens with zero attached hydrogens (tertiary/aromatic N) is 2. The maximum absolute atomic E-state index is 12.3. The molecule has 1 aromatic rings. The maximum Gasteiger partial charge on any atom is 0.227 e. The van der Waals surface area contributed by atoms with E-state index in [1.165, 1.54) is 0 Å². The van der Waals surface area contributed by atoms with Crippen LogP contribution < -0.4 is 5.32 Å². The van der Waals surface area contributed by atoms with Crippen LogP contribution in [-0.4, -0.2) is 61.9 Å². The summed E-state index contributed by atoms with van der Waals surface area (Å²) in [6.07, 6.45) is 2.23. The molecule has 22 heavy (non-hydrogen) atoms. The van der Waals surface area contributed by atoms with Crippen LogP contribution in [0.3, 0.4) is 0 Å². The monoisotopic (exact) mass is 323 g/mol. The van der Waals surface area contributed by atoms with E-state index in [9.17, 15) is 9.59 Å². The van der Waals surface area contributed by atoms with Crippen molar-refractivity contribution < 1.29 is 9.59 Å². The van der Waals surface area contributed by atoms with Gasteiger partial charge in [-0.1, -0.05) is 6.07 Å². The quantitative estimate of drug-likeness (QED) is 0.856. The van der Waals surface area contributed by atoms with Crippen molar-refractivity contribution >= 4 is 23.2 Å². The third-order valence-electron chi connectivity index (χ3n) is 3.91. The van der Waals surface area contributed by atoms with Gasteiger partial charge in [0.05, 0.1) is 12.3 Å². The molecule has 5 nitrogen and oxygen atoms in total. The van der Waals surface area contributed by atoms with Crippen LogP contribution in [0, 0.1) is 5.92 Å². The minimum absolute atomic E-state index is 0.0665. The molecule has 0 radical (unpaired) electrons. The molecule has 1 aliphatic rings. The van der Waals surface area contributed by atoms with Gasteiger partial charge in [0, 0.05) is 31.1 Å². The molecule has 122 valence electrons. The zero-order chi connectivity index (χ0) is 15.9. The van der Waals surface area contributed by atoms with Gasteiger partial charge in [0.2, 0.25) is 11.8 Å². The Balaban J connectivity index is 1.80. The second-order valence-corrected chi connectivity index (χ2v) is 7.06. The molecule has 1 saturated heterocycles. The molecule has 1 unspecified atom stereocenters. The van der Waals surface area contributed by atoms with Crippen LogP contribution in [0.5, 0.6) is 0 Å². The number of hydrogen-bond acceptors (Lipinski definition) is 4. The Labute approximate surface area is 136 Å². The molecule has 1 aromatic heterocycles. The number of likely N-dealkylation sites (N-methyl/N-ethyl adjacent to an activating group) is 1. The SMILES string of the molecule is CN(C)CCNC(=O)C1CCCN(C(=O)Cc2cccs2)C1. The third-order valence-corrected chi connectivity index (χ3v) is 4.79. The number of carbonyl (C=O) groups excluding carboxylic acids is 2. The van der Waals surface area contributed by atoms with Crippen LogP contribution in [-0.2, 0) is 16.0 Å². The van der Waals surface area contributed by atoms with E-state index in [-0.39, 0.29) is 17.7 Å². The fraction of sp³-hybridized carbons (Fsp3) is 0.625. The summed E-state index contributed by atoms with van der Waals surface area (Å²) in [6.45, 7) is 2.81. The molecule has 0 saturated carbocycles. The van der Waals surface area contributed by atoms with Crippen LogP contribution in [0.1, 0.15) is 17.7 Å². The first-order valence-corrected chi connectivity index (χ1v) is 8.67. The van der Waals surface area contributed by atoms with Gasteiger partial charge >= 0.3 is 0 Å². The highest BCUT2D eigenvalue weighted by molar-refractivity contribution is 7.10. The summed E-state index contributed by atoms with van der Waals surface area (Å²) >= 11 is 1.60. The zero-order valence-corrected chi connectivity index (χ0v) is 14.2. The zero-order valence-electron chi connectivity index (χ0n) is 13.4. The van der Waals surface area contributed by atoms with E-state index in [1.807, 2.05) is 41.4 Å². The van der Waals surface area contributed by atoms with E-state index in [0.717, 1.165) is 30.8 Å². The summed E-state index contributed by atoms with van der Waals surface area (Å²) in [5, 5.41) is 4.96. The standard InChI is InChI=1S/C16H25N3O2S/c1-18(2)9-7-17-16(21)13-5-3-8-19(12-13)15(20)11-14-6-4-10-22-14/h4,6,10,13H,3,5,7-9,11-12H2,1-2H3,(H,17,21). The van der Waals surface area contributed by atoms with Gasteiger partial charge in [-0.3, -0.25) is 9.59 Å². The van der Waals surface area contributed by atoms with Crippen molar-refractivity contribution in [3.63, 3.8) is 0 Å². The predicted octanol–water partition coefficient (Wildman–Crippen LogP) is 1.21. The van der Waals surface area contributed by atoms with Gasteiger partial charge in [0.1, 0.15) is 0 Å². The summed E-state index contributed by atoms with van der Waals surface area (Å²) in [7, 11) is 3.97. The van der Waals surface area contributed by atoms with E-state index in [4.69, 9.17) is 0 Å². The lowest BCUT2D eigenvalue weighted by Crippen LogP contribution is -2.46. The molecular weight excluding hydrogens is 298 g/mol. The van der Waals surface area contributed by atoms with Crippen LogP contribution in [0.4, 0.5) is 0 Å². The lowest BCUT2D eigenvalue weighted by Gasteiger charge is -2.32. The van der Waals surface area contributed by atoms with Gasteiger partial charge in [-0.15, -0.1) is 11.3 Å². The molecule has 1 fully saturated rings. The highest BCUT2D eigenvalue weighted by atomic mass is 32.1. The molecule has 1 aliphatic heterocycles. The van der Waals surface area contributed by atoms with Gasteiger partial charge in [0.25, 0.3) is 0 Å². The Morgan fingerprint density at radius 1 is 1.45 bits per heavy atom. The first kappa shape index (κ1) is 17.0. The molecule has 2 heterocycles. The molecule has 0 bridgehead atoms. The number of thiophene rings is 1. The molecule has 6 heteroatoms. The molecule has 1 N–H and O–H groups in total. The van der Waals surface area contributed by atoms with Crippen molar-refractivity contribution in [1.29, 1.82) is 0 Å². The summed E-state index contributed by atoms with van der Waals surface area (Å²) in [5.41, 5.74) is 0. The van der Waals surface area contributed by atoms with Crippen molar-refractivity contribution in [3.05, 3.63) is 22.4 Å². The molecule has 0 spiro atoms. The second-order valence-electron chi connectivity index (χ2n) is 6.03. The summed E-state index contributed by atoms with van der Waals surface area (Å²) in [4.78, 5) is 29.5. The van der Waals surface area contributed by atoms with Gasteiger partial charge in [-0.2, -0.15) is 0 Å². The van der Waals surface area contributed by atoms with Gasteiger partial charge in [-0.25, -0.2) is 0 Å². The van der Waals surface area contributed by atoms with E-state index >= 15 is 0 Å². The number of rotatable bonds is 6. The number of likely N-dealkylation sites (tertiary alicyclic amines) is 1. The third kappa shape index (κ3) is 5.10. The first-order valence-electron chi connectivity index (χ1n) is 7.79. The topological polar surface area (TPSA) is 52.7 Å². The molecular formula is C16H25N3O2S. The number of amides is 2. The number of hydrogen-bond donors (Lipinski definition) is 1. The normalized spacial score (nSPS) is 18.5. The largest absolute Gasteiger partial charge is 0.355 e. The lowest BCUT2D eigenvalue weighted by molar-refractivity contribution is -0.135. The van der Waals surface area contributed by atoms with Gasteiger partial charge in [0.15, 0.2) is 0 Å². The van der Waals surface area contributed by atoms with Crippen molar-refractivity contribution in [2.75, 3.05) is 40.3 Å². The Hall–Kier alpha value is -1.40. The molecule has 0 aliphatic carbocycles. The maximum atomic E-state index is 12.3. The van der Waals surface area contributed by atoms with Crippen LogP contribution in [0.15, 0.2) is 17.5 Å². The minimum atomic E-state index is -0.0665. The van der Waals surface area contributed by atoms with Crippen LogP contribution in [0.25, 0.3) is 0 Å². The Morgan fingerprint density at radius 3 is 2.95 bits per heavy atom. The van der Waals surface area contributed by atoms with Crippen LogP contribution in [0.2, 0.25) is 0 Å². The average molecular weight is 323 g/mol. The molecule has 0 aromatic carbocycles. The summed E-state index contributed by atoms with van der Waals surface area (Å²) < 4.78 is 0. The highest BCUT2D eigenvalue weighted by Crippen LogP contribution is 2.18. The Bertz CT molecular complexity index is 488. The molecule has 1 atom stereocenters. The number of carbonyl (C=O) groups is 2. The smallest absolute Gasteiger partial charge is 0.227 e. The first-order chi connectivity index (χ1) is 10.6. The van der Waals surface area contributed by atoms with Crippen molar-refractivity contribution in [2.24, 2.45) is 5.92 Å². The predicted molar refractivity (Wildman–Crippen MR) is 88.9 cm³/mol. The molecule has 2 rings (SSSR count). The van der Waals surface area contributed by atoms with Gasteiger partial charge in [-0.05, 0) is 38.4 Å². The highest BCUT2D eigenvalue weighted by Gasteiger charge is 2.28. The van der Waals surface area contributed by atoms with Crippen molar-refractivity contribution in [2.45, 2.75) is 19.3 Å². The second kappa shape index (κ2) is 8.29. The lowest BCUT2D eigenvalue weighted by atomic mass is 9.97. The Morgan fingerprint density at radius 2 is 2.27 bits per heavy atom. The van der Waals surface area contributed by atoms with Crippen LogP contribution >= 0.6 is 11.3 Å². The van der Waals surface area contributed by atoms with E-state index < -0.39 is 0 Å². The minimum Gasteiger partial charge on any atom is -0.355 e. The Kier molecular flexibility index (Phi) is 6.39. The van der Waals surface area contributed by atoms with E-state index in [2.05, 4.69) is 5.32 Å². The van der Waals surface area contributed by atoms with E-state index in [1.54, 1.807) is 11.3 Å². The molecule has 2 amide bonds. The average Bonchev–Trinajstić information content (AvgIpc) is 3.00. The fourth-order valence-corrected chi connectivity index (χ4v) is 3.33. The number of nitrogens with one attached hydrogen (secondary N) is 1. The van der Waals surface area contributed by atoms with Gasteiger partial charge < -0.3 is 15.1 Å². The van der Waals surface area contributed by atoms with Crippen molar-refractivity contribution in [3.8, 4) is 0 Å². The van der Waals surface area contributed by atoms with E-state index in [0.29, 0.717) is 19.5 Å². The fourth-order valence-electron chi connectivity index (χ4n) is 2.64. The summed E-state index contributed by atoms with van der Waals surface area (Å²) in [5.74, 6) is 0.145. The summed E-state index contributed by atoms with van der Waals surface area (Å²) in [6, 6.07) is 3.95. The number of piperidine rings is 1.